The zero-order valence-corrected chi connectivity index (χ0v) is 12.3. The van der Waals surface area contributed by atoms with Gasteiger partial charge < -0.3 is 19.8 Å². The molecule has 6 nitrogen and oxygen atoms in total. The Morgan fingerprint density at radius 1 is 1.09 bits per heavy atom. The quantitative estimate of drug-likeness (QED) is 0.807. The first-order valence-corrected chi connectivity index (χ1v) is 6.86. The number of hydrogen-bond donors (Lipinski definition) is 2. The smallest absolute Gasteiger partial charge is 0.239 e. The van der Waals surface area contributed by atoms with Crippen molar-refractivity contribution >= 4 is 11.8 Å². The number of furan rings is 1. The molecule has 0 saturated heterocycles. The molecule has 2 aromatic rings. The van der Waals surface area contributed by atoms with Gasteiger partial charge >= 0.3 is 0 Å². The second kappa shape index (κ2) is 7.87. The lowest BCUT2D eigenvalue weighted by atomic mass is 10.1. The fourth-order valence-electron chi connectivity index (χ4n) is 1.83. The highest BCUT2D eigenvalue weighted by molar-refractivity contribution is 5.85. The van der Waals surface area contributed by atoms with Gasteiger partial charge in [0.25, 0.3) is 0 Å². The van der Waals surface area contributed by atoms with E-state index in [9.17, 15) is 9.59 Å². The van der Waals surface area contributed by atoms with Gasteiger partial charge in [-0.1, -0.05) is 12.1 Å². The summed E-state index contributed by atoms with van der Waals surface area (Å²) >= 11 is 0. The van der Waals surface area contributed by atoms with Crippen LogP contribution in [0.4, 0.5) is 0 Å². The average Bonchev–Trinajstić information content (AvgIpc) is 3.05. The zero-order valence-electron chi connectivity index (χ0n) is 12.3. The maximum atomic E-state index is 11.8. The standard InChI is InChI=1S/C16H18N2O4/c1-21-13-6-4-12(5-7-13)9-15(19)18-11-16(20)17-10-14-3-2-8-22-14/h2-8H,9-11H2,1H3,(H,17,20)(H,18,19). The maximum Gasteiger partial charge on any atom is 0.239 e. The molecule has 0 atom stereocenters. The number of methoxy groups -OCH3 is 1. The fourth-order valence-corrected chi connectivity index (χ4v) is 1.83. The summed E-state index contributed by atoms with van der Waals surface area (Å²) < 4.78 is 10.1. The molecule has 22 heavy (non-hydrogen) atoms. The lowest BCUT2D eigenvalue weighted by Gasteiger charge is -2.06. The number of benzene rings is 1. The predicted octanol–water partition coefficient (Wildman–Crippen LogP) is 1.26. The van der Waals surface area contributed by atoms with Crippen molar-refractivity contribution in [2.45, 2.75) is 13.0 Å². The molecule has 0 saturated carbocycles. The summed E-state index contributed by atoms with van der Waals surface area (Å²) in [7, 11) is 1.59. The molecule has 1 aromatic heterocycles. The van der Waals surface area contributed by atoms with Crippen molar-refractivity contribution in [3.8, 4) is 5.75 Å². The van der Waals surface area contributed by atoms with Crippen LogP contribution in [-0.2, 0) is 22.6 Å². The van der Waals surface area contributed by atoms with E-state index in [2.05, 4.69) is 10.6 Å². The van der Waals surface area contributed by atoms with E-state index in [-0.39, 0.29) is 24.8 Å². The minimum Gasteiger partial charge on any atom is -0.497 e. The Morgan fingerprint density at radius 3 is 2.50 bits per heavy atom. The topological polar surface area (TPSA) is 80.6 Å². The van der Waals surface area contributed by atoms with E-state index in [4.69, 9.17) is 9.15 Å². The summed E-state index contributed by atoms with van der Waals surface area (Å²) in [5.74, 6) is 0.928. The Hall–Kier alpha value is -2.76. The molecule has 2 N–H and O–H groups in total. The van der Waals surface area contributed by atoms with Gasteiger partial charge in [0.15, 0.2) is 0 Å². The molecule has 6 heteroatoms. The SMILES string of the molecule is COc1ccc(CC(=O)NCC(=O)NCc2ccco2)cc1. The first-order valence-electron chi connectivity index (χ1n) is 6.86. The highest BCUT2D eigenvalue weighted by Gasteiger charge is 2.07. The zero-order chi connectivity index (χ0) is 15.8. The van der Waals surface area contributed by atoms with Crippen LogP contribution < -0.4 is 15.4 Å². The summed E-state index contributed by atoms with van der Waals surface area (Å²) in [4.78, 5) is 23.4. The first-order chi connectivity index (χ1) is 10.7. The molecule has 0 aliphatic carbocycles. The molecule has 116 valence electrons. The van der Waals surface area contributed by atoms with Gasteiger partial charge in [0.1, 0.15) is 11.5 Å². The van der Waals surface area contributed by atoms with E-state index in [0.717, 1.165) is 11.3 Å². The number of amides is 2. The molecule has 0 spiro atoms. The summed E-state index contributed by atoms with van der Waals surface area (Å²) in [6.07, 6.45) is 1.76. The molecule has 0 radical (unpaired) electrons. The van der Waals surface area contributed by atoms with Crippen LogP contribution in [0.2, 0.25) is 0 Å². The number of carbonyl (C=O) groups excluding carboxylic acids is 2. The van der Waals surface area contributed by atoms with E-state index in [1.807, 2.05) is 12.1 Å². The Kier molecular flexibility index (Phi) is 5.59. The van der Waals surface area contributed by atoms with Crippen LogP contribution in [0.15, 0.2) is 47.1 Å². The summed E-state index contributed by atoms with van der Waals surface area (Å²) in [6.45, 7) is 0.246. The van der Waals surface area contributed by atoms with Crippen molar-refractivity contribution in [1.29, 1.82) is 0 Å². The van der Waals surface area contributed by atoms with Crippen molar-refractivity contribution < 1.29 is 18.7 Å². The molecule has 0 unspecified atom stereocenters. The lowest BCUT2D eigenvalue weighted by Crippen LogP contribution is -2.37. The molecular formula is C16H18N2O4. The van der Waals surface area contributed by atoms with E-state index in [0.29, 0.717) is 12.3 Å². The Labute approximate surface area is 128 Å². The summed E-state index contributed by atoms with van der Waals surface area (Å²) in [6, 6.07) is 10.7. The second-order valence-corrected chi connectivity index (χ2v) is 4.66. The normalized spacial score (nSPS) is 10.0. The van der Waals surface area contributed by atoms with Crippen LogP contribution in [0.25, 0.3) is 0 Å². The van der Waals surface area contributed by atoms with Crippen LogP contribution >= 0.6 is 0 Å². The third kappa shape index (κ3) is 4.97. The first kappa shape index (κ1) is 15.6. The fraction of sp³-hybridized carbons (Fsp3) is 0.250. The maximum absolute atomic E-state index is 11.8. The number of hydrogen-bond acceptors (Lipinski definition) is 4. The van der Waals surface area contributed by atoms with Crippen LogP contribution in [0, 0.1) is 0 Å². The molecule has 0 fully saturated rings. The molecule has 0 aliphatic rings. The minimum absolute atomic E-state index is 0.0598. The van der Waals surface area contributed by atoms with Crippen molar-refractivity contribution in [1.82, 2.24) is 10.6 Å². The van der Waals surface area contributed by atoms with Crippen LogP contribution in [-0.4, -0.2) is 25.5 Å². The minimum atomic E-state index is -0.264. The van der Waals surface area contributed by atoms with Gasteiger partial charge in [0, 0.05) is 0 Å². The van der Waals surface area contributed by atoms with Crippen LogP contribution in [0.3, 0.4) is 0 Å². The van der Waals surface area contributed by atoms with E-state index in [1.165, 1.54) is 6.26 Å². The van der Waals surface area contributed by atoms with Crippen LogP contribution in [0.5, 0.6) is 5.75 Å². The third-order valence-corrected chi connectivity index (χ3v) is 3.01. The largest absolute Gasteiger partial charge is 0.497 e. The molecule has 0 aliphatic heterocycles. The molecular weight excluding hydrogens is 284 g/mol. The number of nitrogens with one attached hydrogen (secondary N) is 2. The molecule has 1 heterocycles. The highest BCUT2D eigenvalue weighted by atomic mass is 16.5. The number of carbonyl (C=O) groups is 2. The Morgan fingerprint density at radius 2 is 1.86 bits per heavy atom. The van der Waals surface area contributed by atoms with Gasteiger partial charge in [0.05, 0.1) is 32.9 Å². The summed E-state index contributed by atoms with van der Waals surface area (Å²) in [5.41, 5.74) is 0.856. The third-order valence-electron chi connectivity index (χ3n) is 3.01. The monoisotopic (exact) mass is 302 g/mol. The predicted molar refractivity (Wildman–Crippen MR) is 80.3 cm³/mol. The Balaban J connectivity index is 1.69. The second-order valence-electron chi connectivity index (χ2n) is 4.66. The van der Waals surface area contributed by atoms with Crippen molar-refractivity contribution in [2.24, 2.45) is 0 Å². The van der Waals surface area contributed by atoms with Gasteiger partial charge in [-0.25, -0.2) is 0 Å². The van der Waals surface area contributed by atoms with E-state index < -0.39 is 0 Å². The van der Waals surface area contributed by atoms with Gasteiger partial charge in [0.2, 0.25) is 11.8 Å². The summed E-state index contributed by atoms with van der Waals surface area (Å²) in [5, 5.41) is 5.23. The van der Waals surface area contributed by atoms with Crippen molar-refractivity contribution in [3.63, 3.8) is 0 Å². The van der Waals surface area contributed by atoms with Crippen molar-refractivity contribution in [2.75, 3.05) is 13.7 Å². The molecule has 2 amide bonds. The number of rotatable bonds is 7. The number of ether oxygens (including phenoxy) is 1. The average molecular weight is 302 g/mol. The van der Waals surface area contributed by atoms with E-state index in [1.54, 1.807) is 31.4 Å². The van der Waals surface area contributed by atoms with Gasteiger partial charge in [-0.05, 0) is 29.8 Å². The van der Waals surface area contributed by atoms with Crippen LogP contribution in [0.1, 0.15) is 11.3 Å². The van der Waals surface area contributed by atoms with Crippen molar-refractivity contribution in [3.05, 3.63) is 54.0 Å². The van der Waals surface area contributed by atoms with Gasteiger partial charge in [-0.3, -0.25) is 9.59 Å². The molecule has 2 rings (SSSR count). The lowest BCUT2D eigenvalue weighted by molar-refractivity contribution is -0.125. The van der Waals surface area contributed by atoms with Gasteiger partial charge in [-0.2, -0.15) is 0 Å². The molecule has 0 bridgehead atoms. The molecule has 1 aromatic carbocycles. The Bertz CT molecular complexity index is 606. The van der Waals surface area contributed by atoms with E-state index >= 15 is 0 Å². The highest BCUT2D eigenvalue weighted by Crippen LogP contribution is 2.11. The van der Waals surface area contributed by atoms with Gasteiger partial charge in [-0.15, -0.1) is 0 Å².